The summed E-state index contributed by atoms with van der Waals surface area (Å²) in [5.74, 6) is 2.76. The van der Waals surface area contributed by atoms with Gasteiger partial charge in [0.05, 0.1) is 18.5 Å². The van der Waals surface area contributed by atoms with E-state index >= 15 is 0 Å². The smallest absolute Gasteiger partial charge is 0.258 e. The van der Waals surface area contributed by atoms with Gasteiger partial charge >= 0.3 is 0 Å². The molecule has 0 unspecified atom stereocenters. The first kappa shape index (κ1) is 27.2. The van der Waals surface area contributed by atoms with E-state index in [1.54, 1.807) is 7.11 Å². The molecule has 6 aromatic rings. The van der Waals surface area contributed by atoms with Crippen molar-refractivity contribution in [2.24, 2.45) is 0 Å². The Balaban J connectivity index is 1.38. The van der Waals surface area contributed by atoms with Crippen LogP contribution in [-0.4, -0.2) is 26.8 Å². The average Bonchev–Trinajstić information content (AvgIpc) is 3.70. The van der Waals surface area contributed by atoms with E-state index in [0.717, 1.165) is 58.2 Å². The van der Waals surface area contributed by atoms with E-state index < -0.39 is 0 Å². The first-order valence-electron chi connectivity index (χ1n) is 14.6. The molecule has 0 bridgehead atoms. The Hall–Kier alpha value is -4.97. The maximum atomic E-state index is 5.63. The highest BCUT2D eigenvalue weighted by Crippen LogP contribution is 2.37. The van der Waals surface area contributed by atoms with Crippen LogP contribution in [0.5, 0.6) is 5.75 Å². The third-order valence-electron chi connectivity index (χ3n) is 7.46. The normalized spacial score (nSPS) is 11.1. The molecule has 6 nitrogen and oxygen atoms in total. The number of methoxy groups -OCH3 is 1. The van der Waals surface area contributed by atoms with Crippen molar-refractivity contribution >= 4 is 0 Å². The minimum Gasteiger partial charge on any atom is -0.497 e. The number of hydrogen-bond acceptors (Lipinski definition) is 5. The monoisotopic (exact) mass is 554 g/mol. The molecule has 210 valence electrons. The van der Waals surface area contributed by atoms with Crippen molar-refractivity contribution in [3.8, 4) is 62.5 Å². The largest absolute Gasteiger partial charge is 0.497 e. The van der Waals surface area contributed by atoms with Crippen LogP contribution in [0.3, 0.4) is 0 Å². The van der Waals surface area contributed by atoms with Crippen molar-refractivity contribution in [1.82, 2.24) is 19.7 Å². The molecule has 0 radical (unpaired) electrons. The second-order valence-corrected chi connectivity index (χ2v) is 10.3. The van der Waals surface area contributed by atoms with E-state index in [1.807, 2.05) is 42.5 Å². The number of benzene rings is 4. The quantitative estimate of drug-likeness (QED) is 0.149. The van der Waals surface area contributed by atoms with E-state index in [-0.39, 0.29) is 0 Å². The summed E-state index contributed by atoms with van der Waals surface area (Å²) in [4.78, 5) is 9.93. The zero-order valence-electron chi connectivity index (χ0n) is 24.0. The maximum absolute atomic E-state index is 5.63. The number of hydrogen-bond donors (Lipinski definition) is 0. The van der Waals surface area contributed by atoms with E-state index in [1.165, 1.54) is 24.8 Å². The zero-order chi connectivity index (χ0) is 28.7. The number of nitrogens with zero attached hydrogens (tertiary/aromatic N) is 4. The average molecular weight is 555 g/mol. The lowest BCUT2D eigenvalue weighted by molar-refractivity contribution is 0.415. The van der Waals surface area contributed by atoms with Crippen LogP contribution < -0.4 is 4.74 Å². The van der Waals surface area contributed by atoms with Crippen LogP contribution in [0.4, 0.5) is 0 Å². The fourth-order valence-corrected chi connectivity index (χ4v) is 5.23. The van der Waals surface area contributed by atoms with Gasteiger partial charge in [0.25, 0.3) is 5.89 Å². The first-order valence-corrected chi connectivity index (χ1v) is 14.6. The van der Waals surface area contributed by atoms with Gasteiger partial charge in [-0.05, 0) is 42.8 Å². The summed E-state index contributed by atoms with van der Waals surface area (Å²) in [6.07, 6.45) is 4.72. The SMILES string of the molecule is CCCCCCn1c(-c2ccc(-c3nc(-c4ccc(OC)cc4)no3)cc2)nc(-c2ccccc2)c1-c1ccccc1. The highest BCUT2D eigenvalue weighted by molar-refractivity contribution is 5.82. The lowest BCUT2D eigenvalue weighted by Gasteiger charge is -2.14. The van der Waals surface area contributed by atoms with Crippen molar-refractivity contribution in [2.45, 2.75) is 39.2 Å². The molecule has 0 saturated carbocycles. The van der Waals surface area contributed by atoms with Crippen LogP contribution in [-0.2, 0) is 6.54 Å². The summed E-state index contributed by atoms with van der Waals surface area (Å²) < 4.78 is 13.3. The molecule has 0 fully saturated rings. The number of ether oxygens (including phenoxy) is 1. The van der Waals surface area contributed by atoms with Gasteiger partial charge in [-0.3, -0.25) is 0 Å². The van der Waals surface area contributed by atoms with Crippen LogP contribution in [0.2, 0.25) is 0 Å². The molecule has 2 heterocycles. The summed E-state index contributed by atoms with van der Waals surface area (Å²) in [7, 11) is 1.65. The number of rotatable bonds is 11. The van der Waals surface area contributed by atoms with Gasteiger partial charge in [-0.2, -0.15) is 4.98 Å². The lowest BCUT2D eigenvalue weighted by atomic mass is 10.0. The Morgan fingerprint density at radius 2 is 1.29 bits per heavy atom. The summed E-state index contributed by atoms with van der Waals surface area (Å²) in [6, 6.07) is 36.9. The maximum Gasteiger partial charge on any atom is 0.258 e. The van der Waals surface area contributed by atoms with Gasteiger partial charge in [0.2, 0.25) is 5.82 Å². The van der Waals surface area contributed by atoms with Gasteiger partial charge in [-0.15, -0.1) is 0 Å². The van der Waals surface area contributed by atoms with Crippen molar-refractivity contribution in [2.75, 3.05) is 7.11 Å². The topological polar surface area (TPSA) is 66.0 Å². The molecule has 0 amide bonds. The molecule has 0 aliphatic carbocycles. The van der Waals surface area contributed by atoms with Crippen molar-refractivity contribution in [3.05, 3.63) is 109 Å². The molecular weight excluding hydrogens is 520 g/mol. The fraction of sp³-hybridized carbons (Fsp3) is 0.194. The van der Waals surface area contributed by atoms with Gasteiger partial charge in [0.15, 0.2) is 0 Å². The highest BCUT2D eigenvalue weighted by atomic mass is 16.5. The number of imidazole rings is 1. The molecule has 0 aliphatic rings. The Bertz CT molecular complexity index is 1720. The molecule has 4 aromatic carbocycles. The van der Waals surface area contributed by atoms with Crippen LogP contribution >= 0.6 is 0 Å². The molecular formula is C36H34N4O2. The van der Waals surface area contributed by atoms with Gasteiger partial charge in [-0.1, -0.05) is 104 Å². The molecule has 6 rings (SSSR count). The molecule has 0 aliphatic heterocycles. The Kier molecular flexibility index (Phi) is 8.22. The fourth-order valence-electron chi connectivity index (χ4n) is 5.23. The molecule has 2 aromatic heterocycles. The first-order chi connectivity index (χ1) is 20.7. The molecule has 0 N–H and O–H groups in total. The van der Waals surface area contributed by atoms with E-state index in [9.17, 15) is 0 Å². The van der Waals surface area contributed by atoms with Crippen molar-refractivity contribution in [3.63, 3.8) is 0 Å². The predicted molar refractivity (Wildman–Crippen MR) is 168 cm³/mol. The molecule has 0 atom stereocenters. The highest BCUT2D eigenvalue weighted by Gasteiger charge is 2.21. The Morgan fingerprint density at radius 1 is 0.643 bits per heavy atom. The minimum atomic E-state index is 0.477. The molecule has 0 spiro atoms. The van der Waals surface area contributed by atoms with E-state index in [4.69, 9.17) is 14.2 Å². The molecule has 6 heteroatoms. The summed E-state index contributed by atoms with van der Waals surface area (Å²) in [5.41, 5.74) is 7.20. The standard InChI is InChI=1S/C36H34N4O2/c1-3-4-5-12-25-40-33(27-15-10-7-11-16-27)32(26-13-8-6-9-14-26)37-35(40)29-17-19-30(20-18-29)36-38-34(39-42-36)28-21-23-31(41-2)24-22-28/h6-11,13-24H,3-5,12,25H2,1-2H3. The third kappa shape index (κ3) is 5.75. The number of unbranched alkanes of at least 4 members (excludes halogenated alkanes) is 3. The van der Waals surface area contributed by atoms with Gasteiger partial charge in [0.1, 0.15) is 11.6 Å². The second-order valence-electron chi connectivity index (χ2n) is 10.3. The Morgan fingerprint density at radius 3 is 1.95 bits per heavy atom. The molecule has 42 heavy (non-hydrogen) atoms. The van der Waals surface area contributed by atoms with Gasteiger partial charge in [-0.25, -0.2) is 4.98 Å². The predicted octanol–water partition coefficient (Wildman–Crippen LogP) is 9.19. The van der Waals surface area contributed by atoms with E-state index in [2.05, 4.69) is 88.4 Å². The zero-order valence-corrected chi connectivity index (χ0v) is 24.0. The Labute approximate surface area is 246 Å². The second kappa shape index (κ2) is 12.7. The summed E-state index contributed by atoms with van der Waals surface area (Å²) in [6.45, 7) is 3.15. The van der Waals surface area contributed by atoms with Crippen LogP contribution in [0, 0.1) is 0 Å². The third-order valence-corrected chi connectivity index (χ3v) is 7.46. The summed E-state index contributed by atoms with van der Waals surface area (Å²) >= 11 is 0. The van der Waals surface area contributed by atoms with Gasteiger partial charge < -0.3 is 13.8 Å². The minimum absolute atomic E-state index is 0.477. The van der Waals surface area contributed by atoms with E-state index in [0.29, 0.717) is 11.7 Å². The van der Waals surface area contributed by atoms with Gasteiger partial charge in [0, 0.05) is 34.4 Å². The van der Waals surface area contributed by atoms with Crippen LogP contribution in [0.25, 0.3) is 56.7 Å². The van der Waals surface area contributed by atoms with Crippen molar-refractivity contribution in [1.29, 1.82) is 0 Å². The van der Waals surface area contributed by atoms with Crippen LogP contribution in [0.15, 0.2) is 114 Å². The van der Waals surface area contributed by atoms with Crippen LogP contribution in [0.1, 0.15) is 32.6 Å². The molecule has 0 saturated heterocycles. The number of aromatic nitrogens is 4. The lowest BCUT2D eigenvalue weighted by Crippen LogP contribution is -2.03. The summed E-state index contributed by atoms with van der Waals surface area (Å²) in [5, 5.41) is 4.20. The van der Waals surface area contributed by atoms with Crippen molar-refractivity contribution < 1.29 is 9.26 Å².